The number of amides is 1. The highest BCUT2D eigenvalue weighted by molar-refractivity contribution is 7.32. The lowest BCUT2D eigenvalue weighted by Crippen LogP contribution is -2.48. The maximum absolute atomic E-state index is 12.7. The molecule has 0 spiro atoms. The van der Waals surface area contributed by atoms with Crippen molar-refractivity contribution in [1.29, 1.82) is 0 Å². The second kappa shape index (κ2) is 11.3. The summed E-state index contributed by atoms with van der Waals surface area (Å²) in [7, 11) is -5.58. The minimum absolute atomic E-state index is 0.130. The summed E-state index contributed by atoms with van der Waals surface area (Å²) in [5, 5.41) is 12.7. The predicted octanol–water partition coefficient (Wildman–Crippen LogP) is 3.37. The van der Waals surface area contributed by atoms with Gasteiger partial charge in [0, 0.05) is 11.5 Å². The van der Waals surface area contributed by atoms with Gasteiger partial charge in [0.2, 0.25) is 0 Å². The fraction of sp³-hybridized carbons (Fsp3) is 0.500. The molecule has 3 unspecified atom stereocenters. The predicted molar refractivity (Wildman–Crippen MR) is 143 cm³/mol. The van der Waals surface area contributed by atoms with E-state index >= 15 is 0 Å². The Bertz CT molecular complexity index is 1300. The van der Waals surface area contributed by atoms with E-state index in [9.17, 15) is 19.4 Å². The Morgan fingerprint density at radius 1 is 1.21 bits per heavy atom. The van der Waals surface area contributed by atoms with Gasteiger partial charge in [-0.15, -0.1) is 0 Å². The van der Waals surface area contributed by atoms with Gasteiger partial charge in [-0.05, 0) is 30.3 Å². The van der Waals surface area contributed by atoms with E-state index in [1.54, 1.807) is 28.8 Å². The van der Waals surface area contributed by atoms with Crippen molar-refractivity contribution >= 4 is 39.5 Å². The lowest BCUT2D eigenvalue weighted by molar-refractivity contribution is -0.0474. The summed E-state index contributed by atoms with van der Waals surface area (Å²) < 4.78 is 31.2. The SMILES string of the molecule is CC(C)(C)[Si](C)(C)OC1C(n2cnc3c(NC(=O)c4ccccc4)ncnc32)O[C@H](CO)[C@H]1CO[PH](=O)O. The van der Waals surface area contributed by atoms with Gasteiger partial charge in [-0.1, -0.05) is 39.0 Å². The summed E-state index contributed by atoms with van der Waals surface area (Å²) in [5.41, 5.74) is 1.22. The Kier molecular flexibility index (Phi) is 8.48. The molecule has 1 aliphatic rings. The lowest BCUT2D eigenvalue weighted by Gasteiger charge is -2.40. The number of hydrogen-bond acceptors (Lipinski definition) is 9. The van der Waals surface area contributed by atoms with E-state index in [2.05, 4.69) is 54.1 Å². The van der Waals surface area contributed by atoms with Crippen LogP contribution in [-0.4, -0.2) is 69.2 Å². The number of hydrogen-bond donors (Lipinski definition) is 3. The van der Waals surface area contributed by atoms with Gasteiger partial charge in [-0.2, -0.15) is 0 Å². The monoisotopic (exact) mass is 563 g/mol. The summed E-state index contributed by atoms with van der Waals surface area (Å²) in [5.74, 6) is -0.634. The first kappa shape index (κ1) is 28.5. The molecule has 2 aromatic heterocycles. The number of imidazole rings is 1. The van der Waals surface area contributed by atoms with Crippen molar-refractivity contribution in [2.75, 3.05) is 18.5 Å². The molecule has 0 aliphatic carbocycles. The van der Waals surface area contributed by atoms with Gasteiger partial charge in [0.15, 0.2) is 31.5 Å². The number of aliphatic hydroxyl groups excluding tert-OH is 1. The van der Waals surface area contributed by atoms with E-state index in [1.807, 2.05) is 6.07 Å². The zero-order valence-electron chi connectivity index (χ0n) is 22.0. The molecule has 3 N–H and O–H groups in total. The molecule has 0 bridgehead atoms. The molecule has 1 aromatic carbocycles. The Labute approximate surface area is 222 Å². The molecular weight excluding hydrogens is 529 g/mol. The topological polar surface area (TPSA) is 158 Å². The van der Waals surface area contributed by atoms with E-state index in [-0.39, 0.29) is 30.0 Å². The first-order chi connectivity index (χ1) is 17.9. The fourth-order valence-electron chi connectivity index (χ4n) is 4.11. The lowest BCUT2D eigenvalue weighted by atomic mass is 9.99. The quantitative estimate of drug-likeness (QED) is 0.260. The number of carbonyl (C=O) groups excluding carboxylic acids is 1. The highest BCUT2D eigenvalue weighted by Gasteiger charge is 2.51. The first-order valence-electron chi connectivity index (χ1n) is 12.3. The Balaban J connectivity index is 1.71. The Hall–Kier alpha value is -2.51. The summed E-state index contributed by atoms with van der Waals surface area (Å²) in [6, 6.07) is 8.75. The van der Waals surface area contributed by atoms with E-state index in [4.69, 9.17) is 13.7 Å². The van der Waals surface area contributed by atoms with Gasteiger partial charge in [0.1, 0.15) is 6.33 Å². The zero-order chi connectivity index (χ0) is 27.7. The van der Waals surface area contributed by atoms with Gasteiger partial charge in [0.25, 0.3) is 5.91 Å². The average Bonchev–Trinajstić information content (AvgIpc) is 3.44. The first-order valence-corrected chi connectivity index (χ1v) is 16.4. The zero-order valence-corrected chi connectivity index (χ0v) is 24.0. The van der Waals surface area contributed by atoms with E-state index < -0.39 is 40.9 Å². The molecule has 38 heavy (non-hydrogen) atoms. The molecule has 3 aromatic rings. The molecule has 1 saturated heterocycles. The van der Waals surface area contributed by atoms with Crippen LogP contribution in [0.15, 0.2) is 43.0 Å². The molecule has 12 nitrogen and oxygen atoms in total. The van der Waals surface area contributed by atoms with Gasteiger partial charge in [-0.25, -0.2) is 15.0 Å². The van der Waals surface area contributed by atoms with E-state index in [0.29, 0.717) is 16.7 Å². The van der Waals surface area contributed by atoms with Crippen molar-refractivity contribution in [2.24, 2.45) is 5.92 Å². The number of aromatic nitrogens is 4. The maximum atomic E-state index is 12.7. The van der Waals surface area contributed by atoms with Gasteiger partial charge in [-0.3, -0.25) is 13.9 Å². The van der Waals surface area contributed by atoms with Crippen molar-refractivity contribution in [3.8, 4) is 0 Å². The van der Waals surface area contributed by atoms with Crippen molar-refractivity contribution in [3.05, 3.63) is 48.5 Å². The van der Waals surface area contributed by atoms with Crippen LogP contribution in [0.3, 0.4) is 0 Å². The van der Waals surface area contributed by atoms with E-state index in [0.717, 1.165) is 0 Å². The second-order valence-electron chi connectivity index (χ2n) is 10.7. The minimum atomic E-state index is -3.20. The number of nitrogens with one attached hydrogen (secondary N) is 1. The van der Waals surface area contributed by atoms with Crippen LogP contribution in [-0.2, 0) is 18.3 Å². The largest absolute Gasteiger partial charge is 0.409 e. The molecule has 1 fully saturated rings. The summed E-state index contributed by atoms with van der Waals surface area (Å²) >= 11 is 0. The number of anilines is 1. The van der Waals surface area contributed by atoms with Crippen molar-refractivity contribution in [1.82, 2.24) is 19.5 Å². The third kappa shape index (κ3) is 5.89. The van der Waals surface area contributed by atoms with Crippen molar-refractivity contribution < 1.29 is 33.0 Å². The standard InChI is InChI=1S/C24H34N5O7PSi/c1-24(2,3)38(4,5)36-19-16(12-34-37(32)33)17(11-30)35-23(19)29-14-27-18-20(25-13-26-21(18)29)28-22(31)15-9-7-6-8-10-15/h6-10,13-14,16-17,19,23,30,37H,11-12H2,1-5H3,(H,32,33)(H,25,26,28,31)/t16-,17-,19?,23?/m1/s1. The number of ether oxygens (including phenoxy) is 1. The molecule has 0 radical (unpaired) electrons. The van der Waals surface area contributed by atoms with Crippen LogP contribution in [0.1, 0.15) is 37.4 Å². The molecule has 4 rings (SSSR count). The number of carbonyl (C=O) groups is 1. The smallest absolute Gasteiger partial charge is 0.316 e. The molecule has 3 heterocycles. The maximum Gasteiger partial charge on any atom is 0.316 e. The van der Waals surface area contributed by atoms with Crippen LogP contribution in [0.2, 0.25) is 18.1 Å². The molecule has 5 atom stereocenters. The van der Waals surface area contributed by atoms with Gasteiger partial charge >= 0.3 is 8.25 Å². The van der Waals surface area contributed by atoms with Crippen molar-refractivity contribution in [2.45, 2.75) is 57.3 Å². The number of nitrogens with zero attached hydrogens (tertiary/aromatic N) is 4. The van der Waals surface area contributed by atoms with Gasteiger partial charge < -0.3 is 29.0 Å². The highest BCUT2D eigenvalue weighted by atomic mass is 31.1. The van der Waals surface area contributed by atoms with Crippen LogP contribution in [0.25, 0.3) is 11.2 Å². The Morgan fingerprint density at radius 3 is 2.55 bits per heavy atom. The second-order valence-corrected chi connectivity index (χ2v) is 16.3. The van der Waals surface area contributed by atoms with E-state index in [1.165, 1.54) is 12.7 Å². The van der Waals surface area contributed by atoms with Crippen LogP contribution in [0, 0.1) is 5.92 Å². The summed E-state index contributed by atoms with van der Waals surface area (Å²) in [6.45, 7) is 10.0. The van der Waals surface area contributed by atoms with Crippen LogP contribution in [0.4, 0.5) is 5.82 Å². The number of benzene rings is 1. The third-order valence-corrected chi connectivity index (χ3v) is 12.1. The molecule has 1 amide bonds. The van der Waals surface area contributed by atoms with Crippen LogP contribution >= 0.6 is 8.25 Å². The fourth-order valence-corrected chi connectivity index (χ4v) is 5.77. The van der Waals surface area contributed by atoms with Gasteiger partial charge in [0.05, 0.1) is 31.7 Å². The third-order valence-electron chi connectivity index (χ3n) is 7.21. The van der Waals surface area contributed by atoms with Crippen LogP contribution in [0.5, 0.6) is 0 Å². The minimum Gasteiger partial charge on any atom is -0.409 e. The Morgan fingerprint density at radius 2 is 1.92 bits per heavy atom. The highest BCUT2D eigenvalue weighted by Crippen LogP contribution is 2.45. The van der Waals surface area contributed by atoms with Crippen LogP contribution < -0.4 is 5.32 Å². The summed E-state index contributed by atoms with van der Waals surface area (Å²) in [4.78, 5) is 35.1. The normalized spacial score (nSPS) is 23.0. The number of rotatable bonds is 9. The molecule has 1 aliphatic heterocycles. The average molecular weight is 564 g/mol. The number of fused-ring (bicyclic) bond motifs is 1. The molecular formula is C24H34N5O7PSi. The molecule has 14 heteroatoms. The summed E-state index contributed by atoms with van der Waals surface area (Å²) in [6.07, 6.45) is 0.726. The van der Waals surface area contributed by atoms with Crippen molar-refractivity contribution in [3.63, 3.8) is 0 Å². The molecule has 206 valence electrons. The molecule has 0 saturated carbocycles. The number of aliphatic hydroxyl groups is 1.